The number of benzene rings is 2. The number of amides is 1. The fourth-order valence-corrected chi connectivity index (χ4v) is 3.19. The Morgan fingerprint density at radius 2 is 1.52 bits per heavy atom. The number of carbonyl (C=O) groups excluding carboxylic acids is 1. The van der Waals surface area contributed by atoms with Crippen molar-refractivity contribution in [2.45, 2.75) is 24.8 Å². The average molecular weight is 514 g/mol. The zero-order valence-corrected chi connectivity index (χ0v) is 18.1. The summed E-state index contributed by atoms with van der Waals surface area (Å²) in [5.41, 5.74) is -3.65. The number of halogens is 8. The first-order valence-corrected chi connectivity index (χ1v) is 9.77. The van der Waals surface area contributed by atoms with Crippen LogP contribution in [0.15, 0.2) is 48.6 Å². The van der Waals surface area contributed by atoms with E-state index in [9.17, 15) is 35.9 Å². The molecular weight excluding hydrogens is 499 g/mol. The monoisotopic (exact) mass is 513 g/mol. The molecule has 0 radical (unpaired) electrons. The van der Waals surface area contributed by atoms with Crippen LogP contribution < -0.4 is 0 Å². The summed E-state index contributed by atoms with van der Waals surface area (Å²) < 4.78 is 78.8. The van der Waals surface area contributed by atoms with E-state index in [2.05, 4.69) is 0 Å². The molecule has 2 aromatic rings. The van der Waals surface area contributed by atoms with E-state index in [0.717, 1.165) is 18.0 Å². The molecule has 1 atom stereocenters. The van der Waals surface area contributed by atoms with Gasteiger partial charge in [0.25, 0.3) is 5.91 Å². The van der Waals surface area contributed by atoms with Gasteiger partial charge in [0, 0.05) is 18.7 Å². The van der Waals surface area contributed by atoms with Gasteiger partial charge in [-0.2, -0.15) is 26.3 Å². The molecule has 0 aliphatic carbocycles. The Hall–Kier alpha value is -2.72. The number of nitrogens with zero attached hydrogens (tertiary/aromatic N) is 1. The van der Waals surface area contributed by atoms with Gasteiger partial charge in [-0.1, -0.05) is 35.3 Å². The molecule has 0 spiro atoms. The third-order valence-corrected chi connectivity index (χ3v) is 5.28. The normalized spacial score (nSPS) is 13.2. The van der Waals surface area contributed by atoms with Crippen molar-refractivity contribution in [3.63, 3.8) is 0 Å². The minimum atomic E-state index is -5.13. The molecule has 0 unspecified atom stereocenters. The summed E-state index contributed by atoms with van der Waals surface area (Å²) in [4.78, 5) is 24.7. The fraction of sp³-hybridized carbons (Fsp3) is 0.238. The third-order valence-electron chi connectivity index (χ3n) is 4.54. The summed E-state index contributed by atoms with van der Waals surface area (Å²) in [6.45, 7) is 0. The molecule has 0 saturated carbocycles. The maximum absolute atomic E-state index is 13.1. The Balaban J connectivity index is 2.49. The van der Waals surface area contributed by atoms with Gasteiger partial charge in [0.15, 0.2) is 0 Å². The summed E-state index contributed by atoms with van der Waals surface area (Å²) in [5, 5.41) is 9.31. The Bertz CT molecular complexity index is 1050. The Kier molecular flexibility index (Phi) is 8.08. The minimum Gasteiger partial charge on any atom is -0.478 e. The van der Waals surface area contributed by atoms with Crippen LogP contribution in [0.25, 0.3) is 0 Å². The summed E-state index contributed by atoms with van der Waals surface area (Å²) >= 11 is 11.8. The molecule has 33 heavy (non-hydrogen) atoms. The topological polar surface area (TPSA) is 57.6 Å². The van der Waals surface area contributed by atoms with E-state index in [1.807, 2.05) is 0 Å². The zero-order chi connectivity index (χ0) is 25.1. The van der Waals surface area contributed by atoms with E-state index >= 15 is 0 Å². The van der Waals surface area contributed by atoms with E-state index in [1.165, 1.54) is 18.2 Å². The molecule has 0 fully saturated rings. The number of carboxylic acid groups (broad SMARTS) is 1. The Morgan fingerprint density at radius 1 is 0.970 bits per heavy atom. The Morgan fingerprint density at radius 3 is 1.97 bits per heavy atom. The molecule has 0 heterocycles. The summed E-state index contributed by atoms with van der Waals surface area (Å²) in [7, 11) is 1.13. The first kappa shape index (κ1) is 26.5. The Labute approximate surface area is 194 Å². The molecule has 0 bridgehead atoms. The van der Waals surface area contributed by atoms with Gasteiger partial charge in [-0.25, -0.2) is 4.79 Å². The van der Waals surface area contributed by atoms with Crippen LogP contribution in [0, 0.1) is 0 Å². The van der Waals surface area contributed by atoms with E-state index in [1.54, 1.807) is 0 Å². The van der Waals surface area contributed by atoms with Crippen molar-refractivity contribution in [2.75, 3.05) is 7.05 Å². The van der Waals surface area contributed by atoms with Crippen molar-refractivity contribution >= 4 is 35.1 Å². The van der Waals surface area contributed by atoms with Crippen LogP contribution in [0.3, 0.4) is 0 Å². The lowest BCUT2D eigenvalue weighted by Crippen LogP contribution is -2.37. The molecule has 4 nitrogen and oxygen atoms in total. The van der Waals surface area contributed by atoms with Gasteiger partial charge in [0.2, 0.25) is 0 Å². The molecular formula is C21H15Cl2F6NO3. The summed E-state index contributed by atoms with van der Waals surface area (Å²) in [5.74, 6) is -2.54. The number of carbonyl (C=O) groups is 2. The van der Waals surface area contributed by atoms with E-state index < -0.39 is 47.0 Å². The predicted octanol–water partition coefficient (Wildman–Crippen LogP) is 6.36. The fourth-order valence-electron chi connectivity index (χ4n) is 2.87. The van der Waals surface area contributed by atoms with Crippen LogP contribution in [-0.4, -0.2) is 35.0 Å². The van der Waals surface area contributed by atoms with Crippen LogP contribution >= 0.6 is 23.2 Å². The number of alkyl halides is 6. The quantitative estimate of drug-likeness (QED) is 0.361. The van der Waals surface area contributed by atoms with Crippen molar-refractivity contribution in [1.82, 2.24) is 4.90 Å². The molecule has 1 amide bonds. The number of aliphatic carboxylic acids is 1. The minimum absolute atomic E-state index is 0.0476. The van der Waals surface area contributed by atoms with Gasteiger partial charge in [-0.3, -0.25) is 4.79 Å². The first-order chi connectivity index (χ1) is 15.1. The lowest BCUT2D eigenvalue weighted by molar-refractivity contribution is -0.143. The summed E-state index contributed by atoms with van der Waals surface area (Å²) in [6.07, 6.45) is -8.51. The second-order valence-electron chi connectivity index (χ2n) is 6.93. The van der Waals surface area contributed by atoms with Gasteiger partial charge >= 0.3 is 18.3 Å². The first-order valence-electron chi connectivity index (χ1n) is 9.01. The SMILES string of the molecule is CN(C(=O)c1cc(C(F)(F)F)cc(C(F)(F)F)c1)[C@H](C=CC(=O)O)Cc1ccc(Cl)c(Cl)c1. The average Bonchev–Trinajstić information content (AvgIpc) is 2.70. The third kappa shape index (κ3) is 7.13. The van der Waals surface area contributed by atoms with Gasteiger partial charge < -0.3 is 10.0 Å². The number of likely N-dealkylation sites (N-methyl/N-ethyl adjacent to an activating group) is 1. The number of rotatable bonds is 6. The van der Waals surface area contributed by atoms with E-state index in [-0.39, 0.29) is 22.5 Å². The number of carboxylic acids is 1. The molecule has 12 heteroatoms. The maximum Gasteiger partial charge on any atom is 0.416 e. The maximum atomic E-state index is 13.1. The lowest BCUT2D eigenvalue weighted by atomic mass is 10.0. The summed E-state index contributed by atoms with van der Waals surface area (Å²) in [6, 6.07) is 3.90. The standard InChI is InChI=1S/C21H15Cl2F6NO3/c1-30(15(3-5-18(31)32)6-11-2-4-16(22)17(23)7-11)19(33)12-8-13(20(24,25)26)10-14(9-12)21(27,28)29/h2-5,7-10,15H,6H2,1H3,(H,31,32)/t15-/m1/s1. The van der Waals surface area contributed by atoms with Crippen molar-refractivity contribution in [2.24, 2.45) is 0 Å². The van der Waals surface area contributed by atoms with Crippen molar-refractivity contribution in [3.05, 3.63) is 80.8 Å². The van der Waals surface area contributed by atoms with Crippen LogP contribution in [0.4, 0.5) is 26.3 Å². The van der Waals surface area contributed by atoms with Crippen LogP contribution in [-0.2, 0) is 23.6 Å². The van der Waals surface area contributed by atoms with Crippen molar-refractivity contribution in [3.8, 4) is 0 Å². The van der Waals surface area contributed by atoms with Crippen LogP contribution in [0.2, 0.25) is 10.0 Å². The lowest BCUT2D eigenvalue weighted by Gasteiger charge is -2.27. The molecule has 2 rings (SSSR count). The molecule has 1 N–H and O–H groups in total. The second-order valence-corrected chi connectivity index (χ2v) is 7.74. The number of hydrogen-bond donors (Lipinski definition) is 1. The smallest absolute Gasteiger partial charge is 0.416 e. The molecule has 0 aliphatic heterocycles. The van der Waals surface area contributed by atoms with Crippen molar-refractivity contribution < 1.29 is 41.0 Å². The molecule has 0 saturated heterocycles. The molecule has 0 aromatic heterocycles. The number of hydrogen-bond acceptors (Lipinski definition) is 2. The highest BCUT2D eigenvalue weighted by Gasteiger charge is 2.38. The van der Waals surface area contributed by atoms with Gasteiger partial charge in [-0.15, -0.1) is 0 Å². The predicted molar refractivity (Wildman–Crippen MR) is 109 cm³/mol. The molecule has 178 valence electrons. The van der Waals surface area contributed by atoms with Gasteiger partial charge in [0.05, 0.1) is 27.2 Å². The van der Waals surface area contributed by atoms with Crippen LogP contribution in [0.5, 0.6) is 0 Å². The van der Waals surface area contributed by atoms with Gasteiger partial charge in [-0.05, 0) is 42.3 Å². The van der Waals surface area contributed by atoms with Crippen molar-refractivity contribution in [1.29, 1.82) is 0 Å². The van der Waals surface area contributed by atoms with Gasteiger partial charge in [0.1, 0.15) is 0 Å². The highest BCUT2D eigenvalue weighted by Crippen LogP contribution is 2.36. The highest BCUT2D eigenvalue weighted by molar-refractivity contribution is 6.42. The highest BCUT2D eigenvalue weighted by atomic mass is 35.5. The largest absolute Gasteiger partial charge is 0.478 e. The van der Waals surface area contributed by atoms with E-state index in [0.29, 0.717) is 23.8 Å². The second kappa shape index (κ2) is 10.0. The molecule has 0 aliphatic rings. The zero-order valence-electron chi connectivity index (χ0n) is 16.6. The van der Waals surface area contributed by atoms with Crippen LogP contribution in [0.1, 0.15) is 27.0 Å². The molecule has 2 aromatic carbocycles. The van der Waals surface area contributed by atoms with E-state index in [4.69, 9.17) is 28.3 Å².